The molecule has 0 saturated heterocycles. The number of carbonyl (C=O) groups excluding carboxylic acids is 1. The summed E-state index contributed by atoms with van der Waals surface area (Å²) in [7, 11) is 0. The molecule has 92 valence electrons. The maximum atomic E-state index is 11.9. The van der Waals surface area contributed by atoms with Crippen molar-refractivity contribution in [3.05, 3.63) is 35.9 Å². The number of rotatable bonds is 5. The van der Waals surface area contributed by atoms with E-state index in [0.717, 1.165) is 5.56 Å². The molecule has 4 N–H and O–H groups in total. The van der Waals surface area contributed by atoms with Gasteiger partial charge in [0.05, 0.1) is 12.0 Å². The Kier molecular flexibility index (Phi) is 4.69. The second-order valence-corrected chi connectivity index (χ2v) is 4.06. The predicted molar refractivity (Wildman–Crippen MR) is 68.7 cm³/mol. The van der Waals surface area contributed by atoms with E-state index in [0.29, 0.717) is 6.42 Å². The molecule has 0 radical (unpaired) electrons. The topological polar surface area (TPSA) is 79.0 Å². The molecule has 0 aliphatic heterocycles. The van der Waals surface area contributed by atoms with Crippen molar-refractivity contribution in [3.63, 3.8) is 0 Å². The largest absolute Gasteiger partial charge is 0.387 e. The number of hydrogen-bond donors (Lipinski definition) is 3. The van der Waals surface area contributed by atoms with E-state index in [-0.39, 0.29) is 17.8 Å². The Hall–Kier alpha value is -1.84. The van der Waals surface area contributed by atoms with E-state index in [4.69, 9.17) is 11.1 Å². The highest BCUT2D eigenvalue weighted by molar-refractivity contribution is 6.00. The van der Waals surface area contributed by atoms with E-state index >= 15 is 0 Å². The Bertz CT molecular complexity index is 389. The quantitative estimate of drug-likeness (QED) is 0.536. The van der Waals surface area contributed by atoms with E-state index < -0.39 is 5.92 Å². The molecule has 0 aliphatic carbocycles. The summed E-state index contributed by atoms with van der Waals surface area (Å²) in [5, 5.41) is 10.2. The summed E-state index contributed by atoms with van der Waals surface area (Å²) in [4.78, 5) is 11.9. The molecular weight excluding hydrogens is 214 g/mol. The minimum atomic E-state index is -0.527. The molecule has 0 fully saturated rings. The minimum Gasteiger partial charge on any atom is -0.387 e. The lowest BCUT2D eigenvalue weighted by Crippen LogP contribution is -2.39. The van der Waals surface area contributed by atoms with Gasteiger partial charge in [-0.25, -0.2) is 0 Å². The molecule has 1 aromatic rings. The van der Waals surface area contributed by atoms with Gasteiger partial charge >= 0.3 is 0 Å². The number of nitrogens with one attached hydrogen (secondary N) is 2. The van der Waals surface area contributed by atoms with Crippen molar-refractivity contribution in [2.75, 3.05) is 0 Å². The number of carbonyl (C=O) groups is 1. The van der Waals surface area contributed by atoms with Gasteiger partial charge in [0.2, 0.25) is 5.91 Å². The van der Waals surface area contributed by atoms with Crippen LogP contribution in [0.25, 0.3) is 0 Å². The normalized spacial score (nSPS) is 13.8. The fourth-order valence-electron chi connectivity index (χ4n) is 1.69. The number of nitrogens with two attached hydrogens (primary N) is 1. The molecule has 1 amide bonds. The maximum Gasteiger partial charge on any atom is 0.231 e. The first kappa shape index (κ1) is 13.2. The summed E-state index contributed by atoms with van der Waals surface area (Å²) in [5.41, 5.74) is 6.43. The Morgan fingerprint density at radius 3 is 2.47 bits per heavy atom. The van der Waals surface area contributed by atoms with Crippen LogP contribution in [0.4, 0.5) is 0 Å². The Morgan fingerprint density at radius 2 is 2.00 bits per heavy atom. The molecule has 0 aromatic heterocycles. The van der Waals surface area contributed by atoms with Gasteiger partial charge in [-0.1, -0.05) is 37.3 Å². The van der Waals surface area contributed by atoms with E-state index in [1.54, 1.807) is 0 Å². The Labute approximate surface area is 102 Å². The van der Waals surface area contributed by atoms with Gasteiger partial charge in [0.1, 0.15) is 5.84 Å². The van der Waals surface area contributed by atoms with Gasteiger partial charge in [-0.3, -0.25) is 10.2 Å². The Balaban J connectivity index is 2.66. The molecule has 0 heterocycles. The molecule has 2 unspecified atom stereocenters. The van der Waals surface area contributed by atoms with Crippen LogP contribution in [0, 0.1) is 11.3 Å². The van der Waals surface area contributed by atoms with Crippen LogP contribution in [0.1, 0.15) is 31.9 Å². The van der Waals surface area contributed by atoms with Crippen molar-refractivity contribution in [1.29, 1.82) is 5.41 Å². The van der Waals surface area contributed by atoms with Crippen molar-refractivity contribution < 1.29 is 4.79 Å². The number of amidine groups is 1. The molecule has 0 spiro atoms. The molecule has 17 heavy (non-hydrogen) atoms. The first-order valence-corrected chi connectivity index (χ1v) is 5.75. The fraction of sp³-hybridized carbons (Fsp3) is 0.385. The lowest BCUT2D eigenvalue weighted by atomic mass is 10.0. The number of benzene rings is 1. The zero-order valence-electron chi connectivity index (χ0n) is 10.2. The van der Waals surface area contributed by atoms with Gasteiger partial charge in [0.25, 0.3) is 0 Å². The first-order valence-electron chi connectivity index (χ1n) is 5.75. The lowest BCUT2D eigenvalue weighted by molar-refractivity contribution is -0.123. The molecule has 4 nitrogen and oxygen atoms in total. The van der Waals surface area contributed by atoms with Gasteiger partial charge in [-0.2, -0.15) is 0 Å². The average Bonchev–Trinajstić information content (AvgIpc) is 2.30. The third-order valence-electron chi connectivity index (χ3n) is 2.76. The third-order valence-corrected chi connectivity index (χ3v) is 2.76. The van der Waals surface area contributed by atoms with Gasteiger partial charge in [0, 0.05) is 0 Å². The Morgan fingerprint density at radius 1 is 1.41 bits per heavy atom. The molecule has 1 rings (SSSR count). The van der Waals surface area contributed by atoms with Gasteiger partial charge in [-0.15, -0.1) is 0 Å². The van der Waals surface area contributed by atoms with E-state index in [9.17, 15) is 4.79 Å². The summed E-state index contributed by atoms with van der Waals surface area (Å²) >= 11 is 0. The van der Waals surface area contributed by atoms with Crippen molar-refractivity contribution in [2.24, 2.45) is 11.7 Å². The first-order chi connectivity index (χ1) is 8.06. The second-order valence-electron chi connectivity index (χ2n) is 4.06. The van der Waals surface area contributed by atoms with Gasteiger partial charge in [-0.05, 0) is 18.9 Å². The smallest absolute Gasteiger partial charge is 0.231 e. The van der Waals surface area contributed by atoms with E-state index in [1.807, 2.05) is 44.2 Å². The monoisotopic (exact) mass is 233 g/mol. The fourth-order valence-corrected chi connectivity index (χ4v) is 1.69. The zero-order chi connectivity index (χ0) is 12.8. The van der Waals surface area contributed by atoms with E-state index in [2.05, 4.69) is 5.32 Å². The van der Waals surface area contributed by atoms with Crippen LogP contribution in [-0.2, 0) is 4.79 Å². The molecule has 4 heteroatoms. The van der Waals surface area contributed by atoms with Gasteiger partial charge < -0.3 is 11.1 Å². The SMILES string of the molecule is CCC(C(=N)N)C(=O)NC(C)c1ccccc1. The van der Waals surface area contributed by atoms with Crippen LogP contribution in [0.15, 0.2) is 30.3 Å². The number of amides is 1. The average molecular weight is 233 g/mol. The van der Waals surface area contributed by atoms with Crippen LogP contribution >= 0.6 is 0 Å². The van der Waals surface area contributed by atoms with Crippen LogP contribution in [0.5, 0.6) is 0 Å². The van der Waals surface area contributed by atoms with Crippen LogP contribution in [0.3, 0.4) is 0 Å². The molecule has 0 aliphatic rings. The van der Waals surface area contributed by atoms with Crippen LogP contribution in [0.2, 0.25) is 0 Å². The van der Waals surface area contributed by atoms with Crippen LogP contribution in [-0.4, -0.2) is 11.7 Å². The third kappa shape index (κ3) is 3.59. The highest BCUT2D eigenvalue weighted by Gasteiger charge is 2.21. The summed E-state index contributed by atoms with van der Waals surface area (Å²) < 4.78 is 0. The molecule has 0 saturated carbocycles. The molecule has 0 bridgehead atoms. The second kappa shape index (κ2) is 6.03. The lowest BCUT2D eigenvalue weighted by Gasteiger charge is -2.18. The van der Waals surface area contributed by atoms with E-state index in [1.165, 1.54) is 0 Å². The standard InChI is InChI=1S/C13H19N3O/c1-3-11(12(14)15)13(17)16-9(2)10-7-5-4-6-8-10/h4-9,11H,3H2,1-2H3,(H3,14,15)(H,16,17). The maximum absolute atomic E-state index is 11.9. The van der Waals surface area contributed by atoms with Gasteiger partial charge in [0.15, 0.2) is 0 Å². The highest BCUT2D eigenvalue weighted by Crippen LogP contribution is 2.12. The minimum absolute atomic E-state index is 0.0721. The molecule has 1 aromatic carbocycles. The van der Waals surface area contributed by atoms with Crippen molar-refractivity contribution in [1.82, 2.24) is 5.32 Å². The van der Waals surface area contributed by atoms with Crippen LogP contribution < -0.4 is 11.1 Å². The summed E-state index contributed by atoms with van der Waals surface area (Å²) in [6.45, 7) is 3.76. The summed E-state index contributed by atoms with van der Waals surface area (Å²) in [6, 6.07) is 9.64. The molecule has 2 atom stereocenters. The van der Waals surface area contributed by atoms with Crippen molar-refractivity contribution in [2.45, 2.75) is 26.3 Å². The molecular formula is C13H19N3O. The van der Waals surface area contributed by atoms with Crippen molar-refractivity contribution >= 4 is 11.7 Å². The van der Waals surface area contributed by atoms with Crippen molar-refractivity contribution in [3.8, 4) is 0 Å². The summed E-state index contributed by atoms with van der Waals surface area (Å²) in [5.74, 6) is -0.789. The highest BCUT2D eigenvalue weighted by atomic mass is 16.2. The predicted octanol–water partition coefficient (Wildman–Crippen LogP) is 1.83. The summed E-state index contributed by atoms with van der Waals surface area (Å²) in [6.07, 6.45) is 0.544. The zero-order valence-corrected chi connectivity index (χ0v) is 10.2. The number of hydrogen-bond acceptors (Lipinski definition) is 2.